The molecule has 2 saturated carbocycles. The molecule has 3 atom stereocenters. The maximum atomic E-state index is 12.6. The molecule has 3 heteroatoms. The van der Waals surface area contributed by atoms with Crippen molar-refractivity contribution in [2.45, 2.75) is 58.3 Å². The summed E-state index contributed by atoms with van der Waals surface area (Å²) >= 11 is 0. The van der Waals surface area contributed by atoms with Gasteiger partial charge in [-0.25, -0.2) is 0 Å². The first-order valence-electron chi connectivity index (χ1n) is 8.25. The molecule has 2 rings (SSSR count). The van der Waals surface area contributed by atoms with Crippen molar-refractivity contribution in [2.75, 3.05) is 19.6 Å². The van der Waals surface area contributed by atoms with Crippen LogP contribution in [0.15, 0.2) is 0 Å². The van der Waals surface area contributed by atoms with Gasteiger partial charge in [-0.2, -0.15) is 0 Å². The van der Waals surface area contributed by atoms with Crippen LogP contribution in [0.2, 0.25) is 0 Å². The highest BCUT2D eigenvalue weighted by Crippen LogP contribution is 2.43. The molecule has 2 aliphatic rings. The molecule has 0 aromatic carbocycles. The molecular formula is C16H30N2O. The van der Waals surface area contributed by atoms with Gasteiger partial charge in [-0.15, -0.1) is 0 Å². The SMILES string of the molecule is CCCN(CCN)C(=O)C1CCC2CCCCC2C1. The molecule has 110 valence electrons. The van der Waals surface area contributed by atoms with Gasteiger partial charge in [-0.1, -0.05) is 32.6 Å². The summed E-state index contributed by atoms with van der Waals surface area (Å²) in [4.78, 5) is 14.6. The number of hydrogen-bond donors (Lipinski definition) is 1. The number of carbonyl (C=O) groups is 1. The maximum absolute atomic E-state index is 12.6. The highest BCUT2D eigenvalue weighted by atomic mass is 16.2. The van der Waals surface area contributed by atoms with Crippen molar-refractivity contribution in [2.24, 2.45) is 23.5 Å². The lowest BCUT2D eigenvalue weighted by molar-refractivity contribution is -0.137. The molecule has 1 amide bonds. The Kier molecular flexibility index (Phi) is 5.68. The second-order valence-corrected chi connectivity index (χ2v) is 6.43. The maximum Gasteiger partial charge on any atom is 0.225 e. The quantitative estimate of drug-likeness (QED) is 0.831. The first-order chi connectivity index (χ1) is 9.26. The topological polar surface area (TPSA) is 46.3 Å². The lowest BCUT2D eigenvalue weighted by Crippen LogP contribution is -2.42. The summed E-state index contributed by atoms with van der Waals surface area (Å²) in [6, 6.07) is 0. The first kappa shape index (κ1) is 14.8. The van der Waals surface area contributed by atoms with E-state index in [9.17, 15) is 4.79 Å². The molecule has 0 aromatic rings. The third kappa shape index (κ3) is 3.71. The normalized spacial score (nSPS) is 30.7. The average molecular weight is 266 g/mol. The van der Waals surface area contributed by atoms with Crippen molar-refractivity contribution < 1.29 is 4.79 Å². The van der Waals surface area contributed by atoms with E-state index in [-0.39, 0.29) is 5.92 Å². The van der Waals surface area contributed by atoms with Crippen molar-refractivity contribution in [3.05, 3.63) is 0 Å². The molecule has 0 spiro atoms. The number of nitrogens with zero attached hydrogens (tertiary/aromatic N) is 1. The Bertz CT molecular complexity index is 286. The zero-order valence-corrected chi connectivity index (χ0v) is 12.4. The molecule has 0 bridgehead atoms. The van der Waals surface area contributed by atoms with E-state index in [1.54, 1.807) is 0 Å². The van der Waals surface area contributed by atoms with E-state index >= 15 is 0 Å². The standard InChI is InChI=1S/C16H30N2O/c1-2-10-18(11-9-17)16(19)15-8-7-13-5-3-4-6-14(13)12-15/h13-15H,2-12,17H2,1H3. The Hall–Kier alpha value is -0.570. The van der Waals surface area contributed by atoms with Crippen LogP contribution in [0.4, 0.5) is 0 Å². The van der Waals surface area contributed by atoms with E-state index in [4.69, 9.17) is 5.73 Å². The summed E-state index contributed by atoms with van der Waals surface area (Å²) in [6.45, 7) is 4.33. The fourth-order valence-corrected chi connectivity index (χ4v) is 4.11. The Morgan fingerprint density at radius 2 is 1.84 bits per heavy atom. The van der Waals surface area contributed by atoms with Gasteiger partial charge in [0, 0.05) is 25.6 Å². The lowest BCUT2D eigenvalue weighted by Gasteiger charge is -2.40. The molecule has 19 heavy (non-hydrogen) atoms. The average Bonchev–Trinajstić information content (AvgIpc) is 2.46. The van der Waals surface area contributed by atoms with E-state index in [2.05, 4.69) is 6.92 Å². The van der Waals surface area contributed by atoms with E-state index in [0.717, 1.165) is 44.2 Å². The minimum Gasteiger partial charge on any atom is -0.341 e. The number of carbonyl (C=O) groups excluding carboxylic acids is 1. The van der Waals surface area contributed by atoms with Crippen LogP contribution in [0.5, 0.6) is 0 Å². The highest BCUT2D eigenvalue weighted by molar-refractivity contribution is 5.79. The van der Waals surface area contributed by atoms with E-state index in [1.165, 1.54) is 32.1 Å². The van der Waals surface area contributed by atoms with Crippen LogP contribution in [-0.4, -0.2) is 30.4 Å². The van der Waals surface area contributed by atoms with Gasteiger partial charge in [0.2, 0.25) is 5.91 Å². The summed E-state index contributed by atoms with van der Waals surface area (Å²) in [6.07, 6.45) is 10.1. The molecule has 0 radical (unpaired) electrons. The third-order valence-electron chi connectivity index (χ3n) is 5.09. The van der Waals surface area contributed by atoms with Crippen LogP contribution in [0.1, 0.15) is 58.3 Å². The Morgan fingerprint density at radius 1 is 1.11 bits per heavy atom. The number of amides is 1. The minimum absolute atomic E-state index is 0.289. The Labute approximate surface area is 117 Å². The molecular weight excluding hydrogens is 236 g/mol. The molecule has 2 fully saturated rings. The van der Waals surface area contributed by atoms with Crippen LogP contribution in [0, 0.1) is 17.8 Å². The van der Waals surface area contributed by atoms with Crippen molar-refractivity contribution in [1.29, 1.82) is 0 Å². The lowest BCUT2D eigenvalue weighted by atomic mass is 9.67. The van der Waals surface area contributed by atoms with Gasteiger partial charge in [0.1, 0.15) is 0 Å². The zero-order chi connectivity index (χ0) is 13.7. The Morgan fingerprint density at radius 3 is 2.53 bits per heavy atom. The van der Waals surface area contributed by atoms with Crippen LogP contribution in [0.25, 0.3) is 0 Å². The van der Waals surface area contributed by atoms with Gasteiger partial charge in [0.15, 0.2) is 0 Å². The van der Waals surface area contributed by atoms with Crippen LogP contribution < -0.4 is 5.73 Å². The fourth-order valence-electron chi connectivity index (χ4n) is 4.11. The molecule has 3 unspecified atom stereocenters. The second-order valence-electron chi connectivity index (χ2n) is 6.43. The third-order valence-corrected chi connectivity index (χ3v) is 5.09. The predicted octanol–water partition coefficient (Wildman–Crippen LogP) is 2.79. The van der Waals surface area contributed by atoms with Crippen LogP contribution in [0.3, 0.4) is 0 Å². The van der Waals surface area contributed by atoms with Gasteiger partial charge in [0.25, 0.3) is 0 Å². The molecule has 0 aromatic heterocycles. The number of nitrogens with two attached hydrogens (primary N) is 1. The smallest absolute Gasteiger partial charge is 0.225 e. The van der Waals surface area contributed by atoms with Crippen molar-refractivity contribution in [3.8, 4) is 0 Å². The second kappa shape index (κ2) is 7.28. The summed E-state index contributed by atoms with van der Waals surface area (Å²) in [5.74, 6) is 2.43. The summed E-state index contributed by atoms with van der Waals surface area (Å²) in [7, 11) is 0. The Balaban J connectivity index is 1.91. The van der Waals surface area contributed by atoms with Gasteiger partial charge in [-0.05, 0) is 37.5 Å². The van der Waals surface area contributed by atoms with Gasteiger partial charge >= 0.3 is 0 Å². The summed E-state index contributed by atoms with van der Waals surface area (Å²) in [5, 5.41) is 0. The fraction of sp³-hybridized carbons (Fsp3) is 0.938. The number of fused-ring (bicyclic) bond motifs is 1. The molecule has 0 saturated heterocycles. The molecule has 0 heterocycles. The molecule has 0 aliphatic heterocycles. The molecule has 2 N–H and O–H groups in total. The summed E-state index contributed by atoms with van der Waals surface area (Å²) < 4.78 is 0. The van der Waals surface area contributed by atoms with Gasteiger partial charge in [0.05, 0.1) is 0 Å². The van der Waals surface area contributed by atoms with Gasteiger partial charge < -0.3 is 10.6 Å². The van der Waals surface area contributed by atoms with Crippen molar-refractivity contribution in [1.82, 2.24) is 4.90 Å². The first-order valence-corrected chi connectivity index (χ1v) is 8.25. The van der Waals surface area contributed by atoms with Crippen LogP contribution in [-0.2, 0) is 4.79 Å². The number of rotatable bonds is 5. The van der Waals surface area contributed by atoms with E-state index in [0.29, 0.717) is 12.5 Å². The van der Waals surface area contributed by atoms with Crippen molar-refractivity contribution >= 4 is 5.91 Å². The molecule has 3 nitrogen and oxygen atoms in total. The monoisotopic (exact) mass is 266 g/mol. The molecule has 2 aliphatic carbocycles. The highest BCUT2D eigenvalue weighted by Gasteiger charge is 2.36. The van der Waals surface area contributed by atoms with E-state index < -0.39 is 0 Å². The largest absolute Gasteiger partial charge is 0.341 e. The van der Waals surface area contributed by atoms with Gasteiger partial charge in [-0.3, -0.25) is 4.79 Å². The zero-order valence-electron chi connectivity index (χ0n) is 12.4. The minimum atomic E-state index is 0.289. The van der Waals surface area contributed by atoms with E-state index in [1.807, 2.05) is 4.90 Å². The predicted molar refractivity (Wildman–Crippen MR) is 78.7 cm³/mol. The van der Waals surface area contributed by atoms with Crippen LogP contribution >= 0.6 is 0 Å². The number of hydrogen-bond acceptors (Lipinski definition) is 2. The summed E-state index contributed by atoms with van der Waals surface area (Å²) in [5.41, 5.74) is 5.64. The van der Waals surface area contributed by atoms with Crippen molar-refractivity contribution in [3.63, 3.8) is 0 Å².